The van der Waals surface area contributed by atoms with Gasteiger partial charge in [-0.05, 0) is 79.6 Å². The third-order valence-corrected chi connectivity index (χ3v) is 10.9. The summed E-state index contributed by atoms with van der Waals surface area (Å²) >= 11 is 3.55. The van der Waals surface area contributed by atoms with Crippen LogP contribution in [0.4, 0.5) is 17.6 Å². The number of hydrogen-bond acceptors (Lipinski definition) is 10. The van der Waals surface area contributed by atoms with Gasteiger partial charge in [0.1, 0.15) is 28.2 Å². The Balaban J connectivity index is 1.32. The quantitative estimate of drug-likeness (QED) is 0.0434. The van der Waals surface area contributed by atoms with Crippen LogP contribution in [0, 0.1) is 42.2 Å². The Morgan fingerprint density at radius 2 is 1.12 bits per heavy atom. The summed E-state index contributed by atoms with van der Waals surface area (Å²) in [5, 5.41) is 12.0. The highest BCUT2D eigenvalue weighted by atomic mass is 127. The second-order valence-electron chi connectivity index (χ2n) is 11.1. The van der Waals surface area contributed by atoms with Gasteiger partial charge in [0.2, 0.25) is 17.4 Å². The fourth-order valence-electron chi connectivity index (χ4n) is 6.45. The number of ether oxygens (including phenoxy) is 3. The predicted molar refractivity (Wildman–Crippen MR) is 176 cm³/mol. The average Bonchev–Trinajstić information content (AvgIpc) is 3.08. The number of benzene rings is 4. The van der Waals surface area contributed by atoms with Crippen LogP contribution in [0.1, 0.15) is 44.4 Å². The molecule has 17 heteroatoms. The lowest BCUT2D eigenvalue weighted by Gasteiger charge is -2.48. The highest BCUT2D eigenvalue weighted by Gasteiger charge is 2.57. The van der Waals surface area contributed by atoms with Crippen LogP contribution in [0.5, 0.6) is 11.5 Å². The normalized spacial score (nSPS) is 18.9. The van der Waals surface area contributed by atoms with Crippen LogP contribution >= 0.6 is 45.2 Å². The van der Waals surface area contributed by atoms with E-state index in [4.69, 9.17) is 14.2 Å². The third kappa shape index (κ3) is 6.21. The van der Waals surface area contributed by atoms with E-state index in [-0.39, 0.29) is 18.5 Å². The molecule has 0 spiro atoms. The first-order chi connectivity index (χ1) is 23.6. The zero-order valence-electron chi connectivity index (χ0n) is 24.8. The number of esters is 3. The summed E-state index contributed by atoms with van der Waals surface area (Å²) < 4.78 is 109. The average molecular weight is 936 g/mol. The molecule has 0 N–H and O–H groups in total. The molecule has 3 aliphatic rings. The Kier molecular flexibility index (Phi) is 9.87. The van der Waals surface area contributed by atoms with Crippen molar-refractivity contribution in [3.05, 3.63) is 119 Å². The molecule has 4 aromatic carbocycles. The second-order valence-corrected chi connectivity index (χ2v) is 14.8. The van der Waals surface area contributed by atoms with Gasteiger partial charge in [0.25, 0.3) is 0 Å². The molecule has 0 heterocycles. The number of halogens is 6. The maximum atomic E-state index is 14.9. The fourth-order valence-corrected chi connectivity index (χ4v) is 8.83. The van der Waals surface area contributed by atoms with Gasteiger partial charge < -0.3 is 23.9 Å². The first-order valence-electron chi connectivity index (χ1n) is 14.3. The van der Waals surface area contributed by atoms with Crippen LogP contribution in [0.3, 0.4) is 0 Å². The molecule has 10 nitrogen and oxygen atoms in total. The van der Waals surface area contributed by atoms with Crippen molar-refractivity contribution in [3.63, 3.8) is 0 Å². The molecule has 50 heavy (non-hydrogen) atoms. The van der Waals surface area contributed by atoms with Crippen molar-refractivity contribution in [2.75, 3.05) is 13.2 Å². The molecule has 2 atom stereocenters. The number of carbonyl (C=O) groups excluding carboxylic acids is 3. The van der Waals surface area contributed by atoms with Crippen molar-refractivity contribution < 1.29 is 64.2 Å². The van der Waals surface area contributed by atoms with Crippen molar-refractivity contribution >= 4 is 73.2 Å². The molecule has 0 fully saturated rings. The monoisotopic (exact) mass is 936 g/mol. The van der Waals surface area contributed by atoms with Gasteiger partial charge in [-0.15, -0.1) is 0 Å². The molecule has 0 saturated heterocycles. The van der Waals surface area contributed by atoms with E-state index in [1.807, 2.05) is 0 Å². The first-order valence-corrected chi connectivity index (χ1v) is 17.9. The van der Waals surface area contributed by atoms with E-state index < -0.39 is 98.8 Å². The molecule has 3 aliphatic carbocycles. The summed E-state index contributed by atoms with van der Waals surface area (Å²) in [5.74, 6) is -20.6. The van der Waals surface area contributed by atoms with Gasteiger partial charge >= 0.3 is 17.9 Å². The summed E-state index contributed by atoms with van der Waals surface area (Å²) in [6, 6.07) is 16.1. The minimum Gasteiger partial charge on any atom is -0.871 e. The van der Waals surface area contributed by atoms with Crippen molar-refractivity contribution in [2.24, 2.45) is 11.8 Å². The largest absolute Gasteiger partial charge is 0.871 e. The molecule has 4 aromatic rings. The Hall–Kier alpha value is -3.82. The third-order valence-electron chi connectivity index (χ3n) is 8.41. The maximum Gasteiger partial charge on any atom is 0.338 e. The maximum absolute atomic E-state index is 14.9. The lowest BCUT2D eigenvalue weighted by Crippen LogP contribution is -2.49. The van der Waals surface area contributed by atoms with E-state index in [0.717, 1.165) is 0 Å². The molecule has 260 valence electrons. The Morgan fingerprint density at radius 1 is 0.700 bits per heavy atom. The highest BCUT2D eigenvalue weighted by Crippen LogP contribution is 2.59. The SMILES string of the molecule is O=C(OCCOC(=O)C1C2c3ccccc3C(c3ccccc32)C1C(=O)Oc1c(F)c(F)c(S(=O)(=O)[O-])c(F)c1F)c1cc(I)c([O-])c(I)c1. The highest BCUT2D eigenvalue weighted by molar-refractivity contribution is 14.1. The van der Waals surface area contributed by atoms with E-state index in [0.29, 0.717) is 22.3 Å². The molecule has 0 amide bonds. The molecule has 7 rings (SSSR count). The Bertz CT molecular complexity index is 2120. The summed E-state index contributed by atoms with van der Waals surface area (Å²) in [5.41, 5.74) is 2.43. The predicted octanol–water partition coefficient (Wildman–Crippen LogP) is 5.26. The van der Waals surface area contributed by atoms with Gasteiger partial charge in [-0.2, -0.15) is 8.78 Å². The standard InChI is InChI=1S/C33H20F4I2O10S/c34-24-26(36)30(50(44,45)46)27(37)25(35)29(24)49-33(43)23-21-16-7-3-1-5-14(16)20(15-6-2-4-8-17(15)21)22(23)32(42)48-10-9-47-31(41)13-11-18(38)28(40)19(39)12-13/h1-8,11-12,20-23,40H,9-10H2,(H,44,45,46)/p-2. The summed E-state index contributed by atoms with van der Waals surface area (Å²) in [6.45, 7) is -0.938. The van der Waals surface area contributed by atoms with E-state index in [9.17, 15) is 50.0 Å². The number of carbonyl (C=O) groups is 3. The zero-order chi connectivity index (χ0) is 36.2. The van der Waals surface area contributed by atoms with Gasteiger partial charge in [-0.3, -0.25) is 9.59 Å². The van der Waals surface area contributed by atoms with Crippen LogP contribution in [0.2, 0.25) is 0 Å². The van der Waals surface area contributed by atoms with Crippen LogP contribution < -0.4 is 9.84 Å². The van der Waals surface area contributed by atoms with Crippen LogP contribution in [-0.2, 0) is 29.2 Å². The molecular weight excluding hydrogens is 918 g/mol. The first kappa shape index (κ1) is 36.0. The Morgan fingerprint density at radius 3 is 1.56 bits per heavy atom. The number of hydrogen-bond donors (Lipinski definition) is 0. The smallest absolute Gasteiger partial charge is 0.338 e. The van der Waals surface area contributed by atoms with Crippen molar-refractivity contribution in [3.8, 4) is 11.5 Å². The minimum absolute atomic E-state index is 0.0820. The van der Waals surface area contributed by atoms with Crippen molar-refractivity contribution in [2.45, 2.75) is 16.7 Å². The van der Waals surface area contributed by atoms with E-state index in [2.05, 4.69) is 0 Å². The van der Waals surface area contributed by atoms with Crippen molar-refractivity contribution in [1.29, 1.82) is 0 Å². The van der Waals surface area contributed by atoms with Crippen LogP contribution in [0.25, 0.3) is 0 Å². The van der Waals surface area contributed by atoms with E-state index >= 15 is 0 Å². The van der Waals surface area contributed by atoms with Gasteiger partial charge in [0.15, 0.2) is 11.6 Å². The molecule has 2 bridgehead atoms. The van der Waals surface area contributed by atoms with Crippen LogP contribution in [-0.4, -0.2) is 44.1 Å². The lowest BCUT2D eigenvalue weighted by atomic mass is 9.54. The molecule has 2 unspecified atom stereocenters. The topological polar surface area (TPSA) is 159 Å². The van der Waals surface area contributed by atoms with E-state index in [1.54, 1.807) is 93.7 Å². The molecule has 0 radical (unpaired) electrons. The Labute approximate surface area is 307 Å². The molecule has 0 aliphatic heterocycles. The van der Waals surface area contributed by atoms with Crippen molar-refractivity contribution in [1.82, 2.24) is 0 Å². The molecular formula is C33H18F4I2O10S-2. The molecule has 0 aromatic heterocycles. The van der Waals surface area contributed by atoms with Gasteiger partial charge in [0, 0.05) is 19.0 Å². The summed E-state index contributed by atoms with van der Waals surface area (Å²) in [6.07, 6.45) is 0. The zero-order valence-corrected chi connectivity index (χ0v) is 29.9. The lowest BCUT2D eigenvalue weighted by molar-refractivity contribution is -0.271. The van der Waals surface area contributed by atoms with Gasteiger partial charge in [-0.1, -0.05) is 54.3 Å². The summed E-state index contributed by atoms with van der Waals surface area (Å²) in [4.78, 5) is 37.9. The van der Waals surface area contributed by atoms with E-state index in [1.165, 1.54) is 12.1 Å². The number of fused-ring (bicyclic) bond motifs is 1. The van der Waals surface area contributed by atoms with Gasteiger partial charge in [0.05, 0.1) is 17.4 Å². The molecule has 0 saturated carbocycles. The second kappa shape index (κ2) is 13.7. The minimum atomic E-state index is -6.03. The summed E-state index contributed by atoms with van der Waals surface area (Å²) in [7, 11) is -6.03. The number of rotatable bonds is 8. The van der Waals surface area contributed by atoms with Crippen LogP contribution in [0.15, 0.2) is 65.6 Å². The van der Waals surface area contributed by atoms with Gasteiger partial charge in [-0.25, -0.2) is 22.0 Å². The fraction of sp³-hybridized carbons (Fsp3) is 0.182.